The molecule has 0 aliphatic heterocycles. The summed E-state index contributed by atoms with van der Waals surface area (Å²) in [6, 6.07) is 15.6. The third kappa shape index (κ3) is 4.10. The summed E-state index contributed by atoms with van der Waals surface area (Å²) in [5, 5.41) is 2.98. The van der Waals surface area contributed by atoms with Gasteiger partial charge in [-0.15, -0.1) is 0 Å². The van der Waals surface area contributed by atoms with E-state index in [1.165, 1.54) is 0 Å². The molecular weight excluding hydrogens is 274 g/mol. The lowest BCUT2D eigenvalue weighted by Crippen LogP contribution is -2.32. The molecule has 1 atom stereocenters. The van der Waals surface area contributed by atoms with Crippen LogP contribution in [-0.4, -0.2) is 12.0 Å². The first-order chi connectivity index (χ1) is 10.6. The first-order valence-electron chi connectivity index (χ1n) is 7.76. The maximum Gasteiger partial charge on any atom is 0.265 e. The van der Waals surface area contributed by atoms with Gasteiger partial charge in [0.2, 0.25) is 0 Å². The molecule has 22 heavy (non-hydrogen) atoms. The van der Waals surface area contributed by atoms with Crippen LogP contribution in [0.2, 0.25) is 0 Å². The van der Waals surface area contributed by atoms with Crippen molar-refractivity contribution in [3.8, 4) is 5.75 Å². The Morgan fingerprint density at radius 3 is 2.59 bits per heavy atom. The van der Waals surface area contributed by atoms with Crippen molar-refractivity contribution in [2.75, 3.05) is 5.32 Å². The Bertz CT molecular complexity index is 637. The third-order valence-corrected chi connectivity index (χ3v) is 3.59. The van der Waals surface area contributed by atoms with Gasteiger partial charge in [0.05, 0.1) is 0 Å². The SMILES string of the molecule is CCc1ccccc1NC(=O)[C@H](CC)Oc1cccc(C)c1. The zero-order valence-electron chi connectivity index (χ0n) is 13.4. The van der Waals surface area contributed by atoms with Crippen molar-refractivity contribution in [3.05, 3.63) is 59.7 Å². The topological polar surface area (TPSA) is 38.3 Å². The number of benzene rings is 2. The highest BCUT2D eigenvalue weighted by Gasteiger charge is 2.19. The quantitative estimate of drug-likeness (QED) is 0.860. The lowest BCUT2D eigenvalue weighted by Gasteiger charge is -2.18. The van der Waals surface area contributed by atoms with Crippen molar-refractivity contribution in [2.45, 2.75) is 39.7 Å². The number of carbonyl (C=O) groups is 1. The molecule has 0 aliphatic rings. The molecule has 1 amide bonds. The van der Waals surface area contributed by atoms with Gasteiger partial charge >= 0.3 is 0 Å². The minimum absolute atomic E-state index is 0.107. The fourth-order valence-electron chi connectivity index (χ4n) is 2.34. The van der Waals surface area contributed by atoms with Crippen LogP contribution in [0.1, 0.15) is 31.4 Å². The summed E-state index contributed by atoms with van der Waals surface area (Å²) < 4.78 is 5.84. The molecule has 3 heteroatoms. The Balaban J connectivity index is 2.09. The molecule has 2 rings (SSSR count). The molecule has 2 aromatic carbocycles. The molecule has 0 aliphatic carbocycles. The Labute approximate surface area is 132 Å². The fraction of sp³-hybridized carbons (Fsp3) is 0.316. The minimum Gasteiger partial charge on any atom is -0.481 e. The van der Waals surface area contributed by atoms with E-state index in [9.17, 15) is 4.79 Å². The maximum absolute atomic E-state index is 12.5. The molecule has 0 bridgehead atoms. The van der Waals surface area contributed by atoms with Crippen LogP contribution in [0.15, 0.2) is 48.5 Å². The summed E-state index contributed by atoms with van der Waals surface area (Å²) in [7, 11) is 0. The fourth-order valence-corrected chi connectivity index (χ4v) is 2.34. The predicted octanol–water partition coefficient (Wildman–Crippen LogP) is 4.35. The second-order valence-electron chi connectivity index (χ2n) is 5.33. The molecule has 0 aromatic heterocycles. The van der Waals surface area contributed by atoms with Gasteiger partial charge in [0.25, 0.3) is 5.91 Å². The van der Waals surface area contributed by atoms with E-state index in [2.05, 4.69) is 12.2 Å². The van der Waals surface area contributed by atoms with Gasteiger partial charge < -0.3 is 10.1 Å². The minimum atomic E-state index is -0.494. The largest absolute Gasteiger partial charge is 0.481 e. The molecule has 116 valence electrons. The number of anilines is 1. The summed E-state index contributed by atoms with van der Waals surface area (Å²) in [5.74, 6) is 0.621. The van der Waals surface area contributed by atoms with E-state index in [0.717, 1.165) is 29.0 Å². The van der Waals surface area contributed by atoms with Gasteiger partial charge in [-0.3, -0.25) is 4.79 Å². The average molecular weight is 297 g/mol. The van der Waals surface area contributed by atoms with Gasteiger partial charge in [0.15, 0.2) is 6.10 Å². The van der Waals surface area contributed by atoms with Crippen LogP contribution in [0, 0.1) is 6.92 Å². The first-order valence-corrected chi connectivity index (χ1v) is 7.76. The molecule has 0 spiro atoms. The molecule has 0 fully saturated rings. The molecule has 2 aromatic rings. The molecule has 0 unspecified atom stereocenters. The zero-order valence-corrected chi connectivity index (χ0v) is 13.4. The van der Waals surface area contributed by atoms with Crippen LogP contribution < -0.4 is 10.1 Å². The van der Waals surface area contributed by atoms with E-state index in [0.29, 0.717) is 6.42 Å². The van der Waals surface area contributed by atoms with E-state index >= 15 is 0 Å². The number of rotatable bonds is 6. The van der Waals surface area contributed by atoms with Gasteiger partial charge in [0.1, 0.15) is 5.75 Å². The number of hydrogen-bond donors (Lipinski definition) is 1. The zero-order chi connectivity index (χ0) is 15.9. The summed E-state index contributed by atoms with van der Waals surface area (Å²) in [6.07, 6.45) is 1.01. The standard InChI is InChI=1S/C19H23NO2/c1-4-15-10-6-7-12-17(15)20-19(21)18(5-2)22-16-11-8-9-14(3)13-16/h6-13,18H,4-5H2,1-3H3,(H,20,21)/t18-/m0/s1. The van der Waals surface area contributed by atoms with Crippen LogP contribution in [0.5, 0.6) is 5.75 Å². The van der Waals surface area contributed by atoms with Crippen LogP contribution in [-0.2, 0) is 11.2 Å². The number of hydrogen-bond acceptors (Lipinski definition) is 2. The van der Waals surface area contributed by atoms with Crippen LogP contribution in [0.4, 0.5) is 5.69 Å². The van der Waals surface area contributed by atoms with Crippen molar-refractivity contribution in [1.82, 2.24) is 0 Å². The van der Waals surface area contributed by atoms with Crippen molar-refractivity contribution < 1.29 is 9.53 Å². The first kappa shape index (κ1) is 16.1. The Morgan fingerprint density at radius 2 is 1.91 bits per heavy atom. The Kier molecular flexibility index (Phi) is 5.59. The van der Waals surface area contributed by atoms with E-state index in [-0.39, 0.29) is 5.91 Å². The Morgan fingerprint density at radius 1 is 1.14 bits per heavy atom. The second-order valence-corrected chi connectivity index (χ2v) is 5.33. The van der Waals surface area contributed by atoms with Crippen molar-refractivity contribution >= 4 is 11.6 Å². The summed E-state index contributed by atoms with van der Waals surface area (Å²) >= 11 is 0. The highest BCUT2D eigenvalue weighted by atomic mass is 16.5. The summed E-state index contributed by atoms with van der Waals surface area (Å²) in [5.41, 5.74) is 3.10. The van der Waals surface area contributed by atoms with Gasteiger partial charge in [0, 0.05) is 5.69 Å². The smallest absolute Gasteiger partial charge is 0.265 e. The van der Waals surface area contributed by atoms with Crippen molar-refractivity contribution in [1.29, 1.82) is 0 Å². The third-order valence-electron chi connectivity index (χ3n) is 3.59. The summed E-state index contributed by atoms with van der Waals surface area (Å²) in [4.78, 5) is 12.5. The number of aryl methyl sites for hydroxylation is 2. The molecule has 0 heterocycles. The number of carbonyl (C=O) groups excluding carboxylic acids is 1. The normalized spacial score (nSPS) is 11.8. The molecule has 0 saturated carbocycles. The van der Waals surface area contributed by atoms with Crippen molar-refractivity contribution in [3.63, 3.8) is 0 Å². The molecule has 3 nitrogen and oxygen atoms in total. The van der Waals surface area contributed by atoms with Crippen LogP contribution in [0.3, 0.4) is 0 Å². The predicted molar refractivity (Wildman–Crippen MR) is 90.3 cm³/mol. The van der Waals surface area contributed by atoms with E-state index in [4.69, 9.17) is 4.74 Å². The van der Waals surface area contributed by atoms with E-state index in [1.54, 1.807) is 0 Å². The van der Waals surface area contributed by atoms with E-state index in [1.807, 2.05) is 62.4 Å². The van der Waals surface area contributed by atoms with Gasteiger partial charge in [-0.1, -0.05) is 44.2 Å². The van der Waals surface area contributed by atoms with Gasteiger partial charge in [-0.25, -0.2) is 0 Å². The van der Waals surface area contributed by atoms with Crippen LogP contribution in [0.25, 0.3) is 0 Å². The Hall–Kier alpha value is -2.29. The average Bonchev–Trinajstić information content (AvgIpc) is 2.53. The second kappa shape index (κ2) is 7.64. The maximum atomic E-state index is 12.5. The number of para-hydroxylation sites is 1. The van der Waals surface area contributed by atoms with E-state index < -0.39 is 6.10 Å². The summed E-state index contributed by atoms with van der Waals surface area (Å²) in [6.45, 7) is 6.03. The highest BCUT2D eigenvalue weighted by molar-refractivity contribution is 5.95. The lowest BCUT2D eigenvalue weighted by molar-refractivity contribution is -0.122. The van der Waals surface area contributed by atoms with Gasteiger partial charge in [-0.05, 0) is 49.1 Å². The number of amides is 1. The van der Waals surface area contributed by atoms with Crippen molar-refractivity contribution in [2.24, 2.45) is 0 Å². The monoisotopic (exact) mass is 297 g/mol. The lowest BCUT2D eigenvalue weighted by atomic mass is 10.1. The molecule has 0 radical (unpaired) electrons. The molecular formula is C19H23NO2. The number of ether oxygens (including phenoxy) is 1. The van der Waals surface area contributed by atoms with Crippen LogP contribution >= 0.6 is 0 Å². The van der Waals surface area contributed by atoms with Gasteiger partial charge in [-0.2, -0.15) is 0 Å². The number of nitrogens with one attached hydrogen (secondary N) is 1. The highest BCUT2D eigenvalue weighted by Crippen LogP contribution is 2.19. The molecule has 1 N–H and O–H groups in total. The molecule has 0 saturated heterocycles.